The maximum Gasteiger partial charge on any atom is 0.338 e. The van der Waals surface area contributed by atoms with Gasteiger partial charge in [-0.2, -0.15) is 0 Å². The van der Waals surface area contributed by atoms with Crippen molar-refractivity contribution in [2.75, 3.05) is 20.8 Å². The van der Waals surface area contributed by atoms with Gasteiger partial charge in [-0.05, 0) is 65.7 Å². The van der Waals surface area contributed by atoms with E-state index in [0.29, 0.717) is 42.9 Å². The lowest BCUT2D eigenvalue weighted by Crippen LogP contribution is -2.39. The minimum Gasteiger partial charge on any atom is -0.493 e. The third kappa shape index (κ3) is 5.41. The number of carbonyl (C=O) groups is 1. The number of aromatic nitrogens is 1. The van der Waals surface area contributed by atoms with Gasteiger partial charge in [-0.1, -0.05) is 47.4 Å². The van der Waals surface area contributed by atoms with Crippen LogP contribution in [0.25, 0.3) is 6.08 Å². The number of furan rings is 1. The van der Waals surface area contributed by atoms with Crippen LogP contribution in [0.4, 0.5) is 0 Å². The molecule has 0 N–H and O–H groups in total. The third-order valence-corrected chi connectivity index (χ3v) is 8.97. The van der Waals surface area contributed by atoms with Crippen LogP contribution < -0.4 is 24.4 Å². The number of thiazole rings is 1. The van der Waals surface area contributed by atoms with Crippen molar-refractivity contribution in [2.45, 2.75) is 29.9 Å². The van der Waals surface area contributed by atoms with Crippen LogP contribution in [0.3, 0.4) is 0 Å². The van der Waals surface area contributed by atoms with Crippen molar-refractivity contribution in [2.24, 2.45) is 4.99 Å². The number of methoxy groups -OCH3 is 2. The number of nitrogens with zero attached hydrogens (tertiary/aromatic N) is 2. The Bertz CT molecular complexity index is 1790. The standard InChI is InChI=1S/C29H25BrN2O6S2/c1-5-37-27(34)24-16(2)31-29-32(25(24)17-11-12-21(35-3)22(13-17)36-4)26(33)23(40-29)15-18-14-20(30)28(38-18)39-19-9-7-6-8-10-19/h6-15,25H,5H2,1-4H3/b23-15+/t25-/m0/s1. The highest BCUT2D eigenvalue weighted by Gasteiger charge is 2.34. The van der Waals surface area contributed by atoms with Gasteiger partial charge in [0.1, 0.15) is 5.76 Å². The van der Waals surface area contributed by atoms with E-state index in [9.17, 15) is 9.59 Å². The number of fused-ring (bicyclic) bond motifs is 1. The van der Waals surface area contributed by atoms with E-state index in [-0.39, 0.29) is 17.7 Å². The highest BCUT2D eigenvalue weighted by Crippen LogP contribution is 2.37. The van der Waals surface area contributed by atoms with Crippen molar-refractivity contribution < 1.29 is 23.4 Å². The first-order valence-corrected chi connectivity index (χ1v) is 14.7. The van der Waals surface area contributed by atoms with Gasteiger partial charge in [-0.15, -0.1) is 0 Å². The molecule has 0 aliphatic carbocycles. The van der Waals surface area contributed by atoms with Crippen LogP contribution in [0.5, 0.6) is 11.5 Å². The van der Waals surface area contributed by atoms with Crippen molar-refractivity contribution >= 4 is 51.1 Å². The average molecular weight is 642 g/mol. The van der Waals surface area contributed by atoms with Gasteiger partial charge in [-0.25, -0.2) is 9.79 Å². The lowest BCUT2D eigenvalue weighted by atomic mass is 9.95. The molecule has 0 unspecified atom stereocenters. The zero-order valence-corrected chi connectivity index (χ0v) is 25.3. The molecule has 3 heterocycles. The summed E-state index contributed by atoms with van der Waals surface area (Å²) in [5.41, 5.74) is 1.12. The first kappa shape index (κ1) is 28.0. The Balaban J connectivity index is 1.63. The number of rotatable bonds is 8. The monoisotopic (exact) mass is 640 g/mol. The topological polar surface area (TPSA) is 92.3 Å². The maximum atomic E-state index is 13.9. The number of carbonyl (C=O) groups excluding carboxylic acids is 1. The Morgan fingerprint density at radius 1 is 1.15 bits per heavy atom. The lowest BCUT2D eigenvalue weighted by Gasteiger charge is -2.25. The van der Waals surface area contributed by atoms with Crippen LogP contribution in [0.2, 0.25) is 0 Å². The molecule has 0 fully saturated rings. The van der Waals surface area contributed by atoms with Gasteiger partial charge in [0.15, 0.2) is 21.4 Å². The number of hydrogen-bond donors (Lipinski definition) is 0. The summed E-state index contributed by atoms with van der Waals surface area (Å²) in [6, 6.07) is 16.2. The normalized spacial score (nSPS) is 15.0. The lowest BCUT2D eigenvalue weighted by molar-refractivity contribution is -0.139. The molecule has 0 radical (unpaired) electrons. The molecule has 0 saturated heterocycles. The van der Waals surface area contributed by atoms with Crippen LogP contribution in [0.1, 0.15) is 31.2 Å². The molecule has 4 aromatic rings. The Kier molecular flexibility index (Phi) is 8.34. The van der Waals surface area contributed by atoms with E-state index in [2.05, 4.69) is 20.9 Å². The third-order valence-electron chi connectivity index (χ3n) is 6.14. The molecule has 8 nitrogen and oxygen atoms in total. The molecule has 2 aromatic carbocycles. The van der Waals surface area contributed by atoms with Gasteiger partial charge in [-0.3, -0.25) is 9.36 Å². The van der Waals surface area contributed by atoms with Crippen LogP contribution in [0.15, 0.2) is 94.5 Å². The number of allylic oxidation sites excluding steroid dienone is 1. The van der Waals surface area contributed by atoms with Crippen LogP contribution in [-0.2, 0) is 9.53 Å². The zero-order chi connectivity index (χ0) is 28.4. The molecule has 1 aliphatic rings. The molecule has 40 heavy (non-hydrogen) atoms. The molecule has 1 aliphatic heterocycles. The summed E-state index contributed by atoms with van der Waals surface area (Å²) < 4.78 is 25.1. The Morgan fingerprint density at radius 2 is 1.90 bits per heavy atom. The molecule has 206 valence electrons. The van der Waals surface area contributed by atoms with Crippen molar-refractivity contribution in [1.29, 1.82) is 0 Å². The van der Waals surface area contributed by atoms with E-state index < -0.39 is 12.0 Å². The fourth-order valence-electron chi connectivity index (χ4n) is 4.36. The van der Waals surface area contributed by atoms with Gasteiger partial charge in [0.25, 0.3) is 5.56 Å². The quantitative estimate of drug-likeness (QED) is 0.241. The molecule has 2 aromatic heterocycles. The second kappa shape index (κ2) is 11.9. The van der Waals surface area contributed by atoms with Gasteiger partial charge in [0.05, 0.1) is 47.1 Å². The average Bonchev–Trinajstić information content (AvgIpc) is 3.45. The van der Waals surface area contributed by atoms with E-state index in [4.69, 9.17) is 18.6 Å². The Hall–Kier alpha value is -3.54. The van der Waals surface area contributed by atoms with Gasteiger partial charge in [0, 0.05) is 11.0 Å². The predicted octanol–water partition coefficient (Wildman–Crippen LogP) is 5.32. The first-order valence-electron chi connectivity index (χ1n) is 12.3. The van der Waals surface area contributed by atoms with Crippen LogP contribution in [0, 0.1) is 0 Å². The van der Waals surface area contributed by atoms with Gasteiger partial charge in [0.2, 0.25) is 0 Å². The Morgan fingerprint density at radius 3 is 2.60 bits per heavy atom. The molecule has 5 rings (SSSR count). The number of esters is 1. The number of benzene rings is 2. The van der Waals surface area contributed by atoms with Crippen molar-refractivity contribution in [1.82, 2.24) is 4.57 Å². The Labute approximate surface area is 246 Å². The molecular formula is C29H25BrN2O6S2. The molecule has 0 spiro atoms. The zero-order valence-electron chi connectivity index (χ0n) is 22.1. The SMILES string of the molecule is CCOC(=O)C1=C(C)N=c2s/c(=C/c3cc(Br)c(Sc4ccccc4)o3)c(=O)n2[C@H]1c1ccc(OC)c(OC)c1. The highest BCUT2D eigenvalue weighted by atomic mass is 79.9. The fourth-order valence-corrected chi connectivity index (χ4v) is 6.74. The van der Waals surface area contributed by atoms with E-state index in [1.165, 1.54) is 34.8 Å². The second-order valence-electron chi connectivity index (χ2n) is 8.62. The van der Waals surface area contributed by atoms with Crippen molar-refractivity contribution in [3.8, 4) is 11.5 Å². The summed E-state index contributed by atoms with van der Waals surface area (Å²) in [5, 5.41) is 0.675. The van der Waals surface area contributed by atoms with Crippen LogP contribution in [-0.4, -0.2) is 31.4 Å². The smallest absolute Gasteiger partial charge is 0.338 e. The maximum absolute atomic E-state index is 13.9. The molecule has 11 heteroatoms. The van der Waals surface area contributed by atoms with E-state index in [1.54, 1.807) is 45.2 Å². The summed E-state index contributed by atoms with van der Waals surface area (Å²) in [7, 11) is 3.08. The first-order chi connectivity index (χ1) is 19.3. The summed E-state index contributed by atoms with van der Waals surface area (Å²) in [6.45, 7) is 3.67. The number of halogens is 1. The van der Waals surface area contributed by atoms with E-state index in [0.717, 1.165) is 9.37 Å². The fraction of sp³-hybridized carbons (Fsp3) is 0.207. The molecular weight excluding hydrogens is 616 g/mol. The number of hydrogen-bond acceptors (Lipinski definition) is 9. The number of ether oxygens (including phenoxy) is 3. The minimum absolute atomic E-state index is 0.190. The van der Waals surface area contributed by atoms with E-state index in [1.807, 2.05) is 36.4 Å². The largest absolute Gasteiger partial charge is 0.493 e. The molecule has 1 atom stereocenters. The van der Waals surface area contributed by atoms with Crippen molar-refractivity contribution in [3.05, 3.63) is 101 Å². The van der Waals surface area contributed by atoms with Gasteiger partial charge < -0.3 is 18.6 Å². The second-order valence-corrected chi connectivity index (χ2v) is 11.5. The molecule has 0 amide bonds. The van der Waals surface area contributed by atoms with Crippen molar-refractivity contribution in [3.63, 3.8) is 0 Å². The summed E-state index contributed by atoms with van der Waals surface area (Å²) in [6.07, 6.45) is 1.69. The predicted molar refractivity (Wildman–Crippen MR) is 157 cm³/mol. The summed E-state index contributed by atoms with van der Waals surface area (Å²) in [4.78, 5) is 33.1. The minimum atomic E-state index is -0.773. The van der Waals surface area contributed by atoms with Gasteiger partial charge >= 0.3 is 5.97 Å². The summed E-state index contributed by atoms with van der Waals surface area (Å²) >= 11 is 6.27. The van der Waals surface area contributed by atoms with E-state index >= 15 is 0 Å². The summed E-state index contributed by atoms with van der Waals surface area (Å²) in [5.74, 6) is 0.989. The highest BCUT2D eigenvalue weighted by molar-refractivity contribution is 9.10. The molecule has 0 saturated carbocycles. The molecule has 0 bridgehead atoms. The van der Waals surface area contributed by atoms with Crippen LogP contribution >= 0.6 is 39.0 Å².